The lowest BCUT2D eigenvalue weighted by molar-refractivity contribution is 0.0172. The van der Waals surface area contributed by atoms with Gasteiger partial charge >= 0.3 is 6.09 Å². The molecule has 0 aliphatic carbocycles. The average molecular weight is 337 g/mol. The number of nitrogens with two attached hydrogens (primary N) is 1. The first-order valence-corrected chi connectivity index (χ1v) is 8.67. The Kier molecular flexibility index (Phi) is 3.49. The molecule has 5 heteroatoms. The number of carbonyl (C=O) groups excluding carboxylic acids is 1. The van der Waals surface area contributed by atoms with Gasteiger partial charge in [0.1, 0.15) is 11.4 Å². The van der Waals surface area contributed by atoms with Crippen molar-refractivity contribution < 1.29 is 9.53 Å². The number of hydrogen-bond acceptors (Lipinski definition) is 4. The smallest absolute Gasteiger partial charge is 0.411 e. The third-order valence-electron chi connectivity index (χ3n) is 5.01. The predicted octanol–water partition coefficient (Wildman–Crippen LogP) is 4.18. The number of aromatic nitrogens is 1. The van der Waals surface area contributed by atoms with E-state index in [1.54, 1.807) is 0 Å². The van der Waals surface area contributed by atoms with Crippen LogP contribution in [0.4, 0.5) is 10.6 Å². The van der Waals surface area contributed by atoms with Gasteiger partial charge < -0.3 is 10.5 Å². The first-order chi connectivity index (χ1) is 11.8. The quantitative estimate of drug-likeness (QED) is 0.847. The summed E-state index contributed by atoms with van der Waals surface area (Å²) in [6.07, 6.45) is 2.47. The highest BCUT2D eigenvalue weighted by Gasteiger charge is 2.53. The fourth-order valence-electron chi connectivity index (χ4n) is 4.11. The van der Waals surface area contributed by atoms with Crippen molar-refractivity contribution in [2.24, 2.45) is 0 Å². The van der Waals surface area contributed by atoms with Crippen LogP contribution in [0.2, 0.25) is 0 Å². The van der Waals surface area contributed by atoms with Crippen molar-refractivity contribution in [2.45, 2.75) is 50.8 Å². The predicted molar refractivity (Wildman–Crippen MR) is 96.0 cm³/mol. The number of nitrogen functional groups attached to an aromatic ring is 1. The molecule has 0 spiro atoms. The molecule has 130 valence electrons. The van der Waals surface area contributed by atoms with Gasteiger partial charge in [-0.2, -0.15) is 0 Å². The standard InChI is InChI=1S/C20H23N3O2/c1-20(2,3)25-19(24)23-16-10-15(12-8-9-17(21)22-11-12)18(23)14-7-5-4-6-13(14)16/h4-9,11,15-16,18H,10H2,1-3H3,(H2,21,22)/t15-,16-,18-/m1/s1. The summed E-state index contributed by atoms with van der Waals surface area (Å²) in [6.45, 7) is 5.70. The van der Waals surface area contributed by atoms with E-state index in [-0.39, 0.29) is 24.1 Å². The number of pyridine rings is 1. The first kappa shape index (κ1) is 15.9. The van der Waals surface area contributed by atoms with Gasteiger partial charge in [-0.25, -0.2) is 9.78 Å². The minimum Gasteiger partial charge on any atom is -0.444 e. The van der Waals surface area contributed by atoms with Gasteiger partial charge in [-0.1, -0.05) is 30.3 Å². The number of hydrogen-bond donors (Lipinski definition) is 1. The molecule has 1 saturated heterocycles. The number of rotatable bonds is 1. The van der Waals surface area contributed by atoms with Gasteiger partial charge in [-0.15, -0.1) is 0 Å². The number of ether oxygens (including phenoxy) is 1. The molecule has 4 rings (SSSR count). The molecule has 2 N–H and O–H groups in total. The normalized spacial score (nSPS) is 24.3. The lowest BCUT2D eigenvalue weighted by atomic mass is 9.80. The average Bonchev–Trinajstić information content (AvgIpc) is 3.08. The van der Waals surface area contributed by atoms with Crippen LogP contribution in [0, 0.1) is 0 Å². The Morgan fingerprint density at radius 1 is 1.20 bits per heavy atom. The van der Waals surface area contributed by atoms with Crippen LogP contribution >= 0.6 is 0 Å². The van der Waals surface area contributed by atoms with E-state index in [0.717, 1.165) is 12.0 Å². The van der Waals surface area contributed by atoms with E-state index in [2.05, 4.69) is 17.1 Å². The summed E-state index contributed by atoms with van der Waals surface area (Å²) in [5.74, 6) is 0.719. The molecule has 1 amide bonds. The summed E-state index contributed by atoms with van der Waals surface area (Å²) in [5, 5.41) is 0. The van der Waals surface area contributed by atoms with Gasteiger partial charge in [0.05, 0.1) is 12.1 Å². The zero-order valence-electron chi connectivity index (χ0n) is 14.8. The van der Waals surface area contributed by atoms with E-state index >= 15 is 0 Å². The van der Waals surface area contributed by atoms with Crippen molar-refractivity contribution >= 4 is 11.9 Å². The molecular weight excluding hydrogens is 314 g/mol. The Morgan fingerprint density at radius 2 is 1.92 bits per heavy atom. The summed E-state index contributed by atoms with van der Waals surface area (Å²) < 4.78 is 5.69. The first-order valence-electron chi connectivity index (χ1n) is 8.67. The molecule has 25 heavy (non-hydrogen) atoms. The van der Waals surface area contributed by atoms with Crippen LogP contribution in [-0.4, -0.2) is 21.6 Å². The van der Waals surface area contributed by atoms with Crippen LogP contribution in [-0.2, 0) is 4.74 Å². The van der Waals surface area contributed by atoms with Gasteiger partial charge in [-0.3, -0.25) is 4.90 Å². The molecular formula is C20H23N3O2. The minimum absolute atomic E-state index is 0.0125. The fraction of sp³-hybridized carbons (Fsp3) is 0.400. The summed E-state index contributed by atoms with van der Waals surface area (Å²) in [5.41, 5.74) is 8.78. The summed E-state index contributed by atoms with van der Waals surface area (Å²) in [7, 11) is 0. The number of benzene rings is 1. The highest BCUT2D eigenvalue weighted by atomic mass is 16.6. The van der Waals surface area contributed by atoms with E-state index in [0.29, 0.717) is 5.82 Å². The van der Waals surface area contributed by atoms with Crippen LogP contribution in [0.25, 0.3) is 0 Å². The number of anilines is 1. The highest BCUT2D eigenvalue weighted by molar-refractivity contribution is 5.73. The zero-order chi connectivity index (χ0) is 17.8. The van der Waals surface area contributed by atoms with Crippen molar-refractivity contribution in [1.29, 1.82) is 0 Å². The molecule has 3 heterocycles. The van der Waals surface area contributed by atoms with Crippen LogP contribution in [0.5, 0.6) is 0 Å². The number of fused-ring (bicyclic) bond motifs is 5. The van der Waals surface area contributed by atoms with E-state index in [4.69, 9.17) is 10.5 Å². The zero-order valence-corrected chi connectivity index (χ0v) is 14.8. The van der Waals surface area contributed by atoms with Crippen LogP contribution < -0.4 is 5.73 Å². The maximum absolute atomic E-state index is 12.9. The van der Waals surface area contributed by atoms with Crippen LogP contribution in [0.15, 0.2) is 42.6 Å². The molecule has 2 aliphatic heterocycles. The highest BCUT2D eigenvalue weighted by Crippen LogP contribution is 2.59. The minimum atomic E-state index is -0.510. The van der Waals surface area contributed by atoms with Crippen LogP contribution in [0.1, 0.15) is 61.9 Å². The number of nitrogens with zero attached hydrogens (tertiary/aromatic N) is 2. The topological polar surface area (TPSA) is 68.5 Å². The van der Waals surface area contributed by atoms with Crippen molar-refractivity contribution in [2.75, 3.05) is 5.73 Å². The summed E-state index contributed by atoms with van der Waals surface area (Å²) in [6, 6.07) is 12.2. The van der Waals surface area contributed by atoms with Gasteiger partial charge in [-0.05, 0) is 49.9 Å². The molecule has 1 aromatic carbocycles. The second-order valence-electron chi connectivity index (χ2n) is 7.84. The lowest BCUT2D eigenvalue weighted by Gasteiger charge is -2.28. The Morgan fingerprint density at radius 3 is 2.56 bits per heavy atom. The molecule has 3 atom stereocenters. The summed E-state index contributed by atoms with van der Waals surface area (Å²) >= 11 is 0. The molecule has 1 fully saturated rings. The van der Waals surface area contributed by atoms with Gasteiger partial charge in [0.15, 0.2) is 0 Å². The van der Waals surface area contributed by atoms with Crippen molar-refractivity contribution in [3.63, 3.8) is 0 Å². The Balaban J connectivity index is 1.73. The maximum Gasteiger partial charge on any atom is 0.411 e. The Bertz CT molecular complexity index is 810. The van der Waals surface area contributed by atoms with E-state index in [1.165, 1.54) is 11.1 Å². The van der Waals surface area contributed by atoms with E-state index < -0.39 is 5.60 Å². The van der Waals surface area contributed by atoms with E-state index in [9.17, 15) is 4.79 Å². The molecule has 2 bridgehead atoms. The third-order valence-corrected chi connectivity index (χ3v) is 5.01. The maximum atomic E-state index is 12.9. The monoisotopic (exact) mass is 337 g/mol. The molecule has 0 radical (unpaired) electrons. The van der Waals surface area contributed by atoms with Gasteiger partial charge in [0.2, 0.25) is 0 Å². The number of amides is 1. The molecule has 0 saturated carbocycles. The van der Waals surface area contributed by atoms with Crippen molar-refractivity contribution in [1.82, 2.24) is 9.88 Å². The SMILES string of the molecule is CC(C)(C)OC(=O)N1[C@@H]2C[C@H](c3ccc(N)nc3)[C@H]1c1ccccc12. The molecule has 5 nitrogen and oxygen atoms in total. The lowest BCUT2D eigenvalue weighted by Crippen LogP contribution is -2.35. The summed E-state index contributed by atoms with van der Waals surface area (Å²) in [4.78, 5) is 19.0. The molecule has 2 aliphatic rings. The largest absolute Gasteiger partial charge is 0.444 e. The molecule has 1 aromatic heterocycles. The Hall–Kier alpha value is -2.56. The molecule has 0 unspecified atom stereocenters. The van der Waals surface area contributed by atoms with Crippen molar-refractivity contribution in [3.8, 4) is 0 Å². The second-order valence-corrected chi connectivity index (χ2v) is 7.84. The van der Waals surface area contributed by atoms with E-state index in [1.807, 2.05) is 56.1 Å². The van der Waals surface area contributed by atoms with Crippen molar-refractivity contribution in [3.05, 3.63) is 59.3 Å². The number of carbonyl (C=O) groups is 1. The van der Waals surface area contributed by atoms with Gasteiger partial charge in [0.25, 0.3) is 0 Å². The molecule has 2 aromatic rings. The Labute approximate surface area is 147 Å². The van der Waals surface area contributed by atoms with Crippen LogP contribution in [0.3, 0.4) is 0 Å². The fourth-order valence-corrected chi connectivity index (χ4v) is 4.11. The second kappa shape index (κ2) is 5.48. The third kappa shape index (κ3) is 2.64. The van der Waals surface area contributed by atoms with Gasteiger partial charge in [0, 0.05) is 12.1 Å².